The first kappa shape index (κ1) is 23.2. The molecule has 158 valence electrons. The van der Waals surface area contributed by atoms with Gasteiger partial charge >= 0.3 is 5.97 Å². The average Bonchev–Trinajstić information content (AvgIpc) is 2.70. The van der Waals surface area contributed by atoms with Crippen molar-refractivity contribution in [3.63, 3.8) is 0 Å². The molecule has 9 heteroatoms. The Labute approximate surface area is 179 Å². The van der Waals surface area contributed by atoms with Gasteiger partial charge in [-0.25, -0.2) is 8.42 Å². The zero-order valence-electron chi connectivity index (χ0n) is 16.6. The van der Waals surface area contributed by atoms with E-state index in [1.165, 1.54) is 19.2 Å². The molecule has 0 aliphatic rings. The molecular formula is C20H24BrNO6S. The van der Waals surface area contributed by atoms with E-state index in [9.17, 15) is 13.2 Å². The Bertz CT molecular complexity index is 944. The number of carbonyl (C=O) groups excluding carboxylic acids is 1. The van der Waals surface area contributed by atoms with Gasteiger partial charge in [0.05, 0.1) is 23.6 Å². The van der Waals surface area contributed by atoms with Crippen molar-refractivity contribution >= 4 is 31.9 Å². The zero-order valence-corrected chi connectivity index (χ0v) is 19.0. The van der Waals surface area contributed by atoms with E-state index < -0.39 is 22.0 Å². The first-order chi connectivity index (χ1) is 13.7. The lowest BCUT2D eigenvalue weighted by atomic mass is 10.1. The van der Waals surface area contributed by atoms with Crippen molar-refractivity contribution in [3.05, 3.63) is 52.5 Å². The van der Waals surface area contributed by atoms with Gasteiger partial charge in [-0.15, -0.1) is 0 Å². The van der Waals surface area contributed by atoms with Gasteiger partial charge in [-0.1, -0.05) is 19.9 Å². The van der Waals surface area contributed by atoms with Gasteiger partial charge in [-0.2, -0.15) is 4.72 Å². The fourth-order valence-electron chi connectivity index (χ4n) is 2.49. The highest BCUT2D eigenvalue weighted by Gasteiger charge is 2.29. The van der Waals surface area contributed by atoms with Crippen LogP contribution in [-0.2, 0) is 26.2 Å². The molecular weight excluding hydrogens is 462 g/mol. The third-order valence-corrected chi connectivity index (χ3v) is 6.25. The normalized spacial score (nSPS) is 12.5. The number of rotatable bonds is 9. The third kappa shape index (κ3) is 6.19. The number of methoxy groups -OCH3 is 2. The minimum atomic E-state index is -3.90. The van der Waals surface area contributed by atoms with Crippen molar-refractivity contribution in [2.75, 3.05) is 14.2 Å². The average molecular weight is 486 g/mol. The molecule has 0 aliphatic heterocycles. The summed E-state index contributed by atoms with van der Waals surface area (Å²) in [5, 5.41) is 0. The summed E-state index contributed by atoms with van der Waals surface area (Å²) in [5.74, 6) is 0.240. The minimum Gasteiger partial charge on any atom is -0.497 e. The Morgan fingerprint density at radius 2 is 1.72 bits per heavy atom. The lowest BCUT2D eigenvalue weighted by Gasteiger charge is -2.21. The molecule has 0 spiro atoms. The molecule has 2 aromatic rings. The van der Waals surface area contributed by atoms with Crippen molar-refractivity contribution in [1.82, 2.24) is 4.72 Å². The SMILES string of the molecule is COc1ccc(S(=O)(=O)N[C@H](C(=O)OCc2ccc(OC)c(Br)c2)C(C)C)cc1. The summed E-state index contributed by atoms with van der Waals surface area (Å²) in [6.45, 7) is 3.49. The van der Waals surface area contributed by atoms with Crippen molar-refractivity contribution < 1.29 is 27.4 Å². The molecule has 29 heavy (non-hydrogen) atoms. The van der Waals surface area contributed by atoms with Gasteiger partial charge < -0.3 is 14.2 Å². The molecule has 1 atom stereocenters. The highest BCUT2D eigenvalue weighted by atomic mass is 79.9. The Kier molecular flexibility index (Phi) is 8.06. The van der Waals surface area contributed by atoms with Crippen LogP contribution >= 0.6 is 15.9 Å². The summed E-state index contributed by atoms with van der Waals surface area (Å²) in [7, 11) is -0.852. The Morgan fingerprint density at radius 3 is 2.24 bits per heavy atom. The Morgan fingerprint density at radius 1 is 1.07 bits per heavy atom. The molecule has 0 saturated carbocycles. The standard InChI is InChI=1S/C20H24BrNO6S/c1-13(2)19(22-29(24,25)16-8-6-15(26-3)7-9-16)20(23)28-12-14-5-10-18(27-4)17(21)11-14/h5-11,13,19,22H,12H2,1-4H3/t19-/m0/s1. The van der Waals surface area contributed by atoms with E-state index in [2.05, 4.69) is 20.7 Å². The fourth-order valence-corrected chi connectivity index (χ4v) is 4.41. The molecule has 0 saturated heterocycles. The second-order valence-electron chi connectivity index (χ2n) is 6.60. The fraction of sp³-hybridized carbons (Fsp3) is 0.350. The van der Waals surface area contributed by atoms with Crippen LogP contribution in [0.5, 0.6) is 11.5 Å². The molecule has 0 radical (unpaired) electrons. The number of esters is 1. The molecule has 1 N–H and O–H groups in total. The van der Waals surface area contributed by atoms with Crippen molar-refractivity contribution in [2.45, 2.75) is 31.4 Å². The smallest absolute Gasteiger partial charge is 0.324 e. The van der Waals surface area contributed by atoms with Gasteiger partial charge in [0.1, 0.15) is 24.1 Å². The number of carbonyl (C=O) groups is 1. The van der Waals surface area contributed by atoms with Crippen LogP contribution in [0.1, 0.15) is 19.4 Å². The summed E-state index contributed by atoms with van der Waals surface area (Å²) in [5.41, 5.74) is 0.742. The van der Waals surface area contributed by atoms with Gasteiger partial charge in [0.25, 0.3) is 0 Å². The maximum Gasteiger partial charge on any atom is 0.324 e. The molecule has 0 aromatic heterocycles. The molecule has 0 aliphatic carbocycles. The van der Waals surface area contributed by atoms with E-state index in [4.69, 9.17) is 14.2 Å². The number of ether oxygens (including phenoxy) is 3. The van der Waals surface area contributed by atoms with Crippen LogP contribution in [0.4, 0.5) is 0 Å². The van der Waals surface area contributed by atoms with Crippen LogP contribution in [0.25, 0.3) is 0 Å². The van der Waals surface area contributed by atoms with Crippen LogP contribution in [0, 0.1) is 5.92 Å². The number of benzene rings is 2. The third-order valence-electron chi connectivity index (χ3n) is 4.17. The highest BCUT2D eigenvalue weighted by molar-refractivity contribution is 9.10. The summed E-state index contributed by atoms with van der Waals surface area (Å²) in [4.78, 5) is 12.6. The van der Waals surface area contributed by atoms with Crippen molar-refractivity contribution in [3.8, 4) is 11.5 Å². The van der Waals surface area contributed by atoms with Gasteiger partial charge in [-0.3, -0.25) is 4.79 Å². The molecule has 0 heterocycles. The largest absolute Gasteiger partial charge is 0.497 e. The maximum atomic E-state index is 12.7. The number of hydrogen-bond acceptors (Lipinski definition) is 6. The number of hydrogen-bond donors (Lipinski definition) is 1. The maximum absolute atomic E-state index is 12.7. The quantitative estimate of drug-likeness (QED) is 0.546. The van der Waals surface area contributed by atoms with Gasteiger partial charge in [0.2, 0.25) is 10.0 Å². The van der Waals surface area contributed by atoms with E-state index in [0.717, 1.165) is 10.0 Å². The second kappa shape index (κ2) is 10.1. The van der Waals surface area contributed by atoms with Crippen molar-refractivity contribution in [1.29, 1.82) is 0 Å². The number of halogens is 1. The predicted octanol–water partition coefficient (Wildman–Crippen LogP) is 3.51. The number of nitrogens with one attached hydrogen (secondary N) is 1. The van der Waals surface area contributed by atoms with E-state index in [1.54, 1.807) is 51.3 Å². The molecule has 0 fully saturated rings. The summed E-state index contributed by atoms with van der Waals surface area (Å²) in [6.07, 6.45) is 0. The summed E-state index contributed by atoms with van der Waals surface area (Å²) >= 11 is 3.38. The lowest BCUT2D eigenvalue weighted by molar-refractivity contribution is -0.148. The van der Waals surface area contributed by atoms with Crippen molar-refractivity contribution in [2.24, 2.45) is 5.92 Å². The van der Waals surface area contributed by atoms with E-state index >= 15 is 0 Å². The first-order valence-corrected chi connectivity index (χ1v) is 11.1. The molecule has 0 amide bonds. The highest BCUT2D eigenvalue weighted by Crippen LogP contribution is 2.26. The Hall–Kier alpha value is -2.10. The first-order valence-electron chi connectivity index (χ1n) is 8.83. The molecule has 2 rings (SSSR count). The molecule has 2 aromatic carbocycles. The topological polar surface area (TPSA) is 90.9 Å². The van der Waals surface area contributed by atoms with Crippen LogP contribution in [0.2, 0.25) is 0 Å². The predicted molar refractivity (Wildman–Crippen MR) is 112 cm³/mol. The Balaban J connectivity index is 2.09. The van der Waals surface area contributed by atoms with Gasteiger partial charge in [0.15, 0.2) is 0 Å². The summed E-state index contributed by atoms with van der Waals surface area (Å²) < 4.78 is 44.0. The minimum absolute atomic E-state index is 0.00884. The van der Waals surface area contributed by atoms with E-state index in [-0.39, 0.29) is 17.4 Å². The molecule has 0 unspecified atom stereocenters. The van der Waals surface area contributed by atoms with Crippen LogP contribution in [0.3, 0.4) is 0 Å². The van der Waals surface area contributed by atoms with Gasteiger partial charge in [0, 0.05) is 0 Å². The number of sulfonamides is 1. The monoisotopic (exact) mass is 485 g/mol. The zero-order chi connectivity index (χ0) is 21.6. The van der Waals surface area contributed by atoms with E-state index in [1.807, 2.05) is 0 Å². The second-order valence-corrected chi connectivity index (χ2v) is 9.16. The lowest BCUT2D eigenvalue weighted by Crippen LogP contribution is -2.45. The van der Waals surface area contributed by atoms with Crippen LogP contribution in [0.15, 0.2) is 51.8 Å². The molecule has 7 nitrogen and oxygen atoms in total. The van der Waals surface area contributed by atoms with Gasteiger partial charge in [-0.05, 0) is 63.8 Å². The summed E-state index contributed by atoms with van der Waals surface area (Å²) in [6, 6.07) is 10.2. The van der Waals surface area contributed by atoms with Crippen LogP contribution in [-0.4, -0.2) is 34.6 Å². The van der Waals surface area contributed by atoms with Crippen LogP contribution < -0.4 is 14.2 Å². The van der Waals surface area contributed by atoms with E-state index in [0.29, 0.717) is 11.5 Å². The molecule has 0 bridgehead atoms.